The highest BCUT2D eigenvalue weighted by Gasteiger charge is 2.32. The highest BCUT2D eigenvalue weighted by atomic mass is 32.2. The van der Waals surface area contributed by atoms with Crippen LogP contribution in [0.25, 0.3) is 0 Å². The van der Waals surface area contributed by atoms with Crippen LogP contribution in [0.3, 0.4) is 0 Å². The van der Waals surface area contributed by atoms with E-state index in [4.69, 9.17) is 0 Å². The fourth-order valence-corrected chi connectivity index (χ4v) is 6.05. The number of aryl methyl sites for hydroxylation is 4. The van der Waals surface area contributed by atoms with Crippen LogP contribution in [0.4, 0.5) is 5.69 Å². The predicted molar refractivity (Wildman–Crippen MR) is 125 cm³/mol. The highest BCUT2D eigenvalue weighted by Crippen LogP contribution is 2.29. The molecule has 3 rings (SSSR count). The SMILES string of the molecule is Cc1ccc(NC(=O)CN2CCN(S(=O)(=O)c3c(C)c(C)cc(C)c3C)CC2)cc1C. The molecule has 1 fully saturated rings. The van der Waals surface area contributed by atoms with Crippen molar-refractivity contribution in [3.63, 3.8) is 0 Å². The minimum absolute atomic E-state index is 0.0828. The summed E-state index contributed by atoms with van der Waals surface area (Å²) in [5, 5.41) is 2.94. The molecule has 1 amide bonds. The number of sulfonamides is 1. The Labute approximate surface area is 186 Å². The van der Waals surface area contributed by atoms with Gasteiger partial charge in [-0.15, -0.1) is 0 Å². The molecule has 0 unspecified atom stereocenters. The number of carbonyl (C=O) groups is 1. The summed E-state index contributed by atoms with van der Waals surface area (Å²) in [6, 6.07) is 7.90. The van der Waals surface area contributed by atoms with Crippen molar-refractivity contribution >= 4 is 21.6 Å². The first-order valence-electron chi connectivity index (χ1n) is 10.7. The van der Waals surface area contributed by atoms with E-state index >= 15 is 0 Å². The van der Waals surface area contributed by atoms with E-state index in [0.717, 1.165) is 33.5 Å². The third kappa shape index (κ3) is 5.00. The highest BCUT2D eigenvalue weighted by molar-refractivity contribution is 7.89. The molecule has 31 heavy (non-hydrogen) atoms. The van der Waals surface area contributed by atoms with Crippen LogP contribution in [0.1, 0.15) is 33.4 Å². The smallest absolute Gasteiger partial charge is 0.243 e. The summed E-state index contributed by atoms with van der Waals surface area (Å²) in [7, 11) is -3.57. The molecule has 1 aliphatic heterocycles. The van der Waals surface area contributed by atoms with Crippen molar-refractivity contribution in [1.82, 2.24) is 9.21 Å². The van der Waals surface area contributed by atoms with Gasteiger partial charge in [0.1, 0.15) is 0 Å². The molecule has 1 saturated heterocycles. The Kier molecular flexibility index (Phi) is 6.88. The average molecular weight is 444 g/mol. The number of hydrogen-bond donors (Lipinski definition) is 1. The number of carbonyl (C=O) groups excluding carboxylic acids is 1. The summed E-state index contributed by atoms with van der Waals surface area (Å²) >= 11 is 0. The van der Waals surface area contributed by atoms with E-state index in [1.165, 1.54) is 5.56 Å². The van der Waals surface area contributed by atoms with Crippen molar-refractivity contribution in [2.24, 2.45) is 0 Å². The standard InChI is InChI=1S/C24H33N3O3S/c1-16-7-8-22(14-17(16)2)25-23(28)15-26-9-11-27(12-10-26)31(29,30)24-20(5)18(3)13-19(4)21(24)6/h7-8,13-14H,9-12,15H2,1-6H3,(H,25,28). The fourth-order valence-electron chi connectivity index (χ4n) is 4.05. The summed E-state index contributed by atoms with van der Waals surface area (Å²) in [6.07, 6.45) is 0. The number of amides is 1. The van der Waals surface area contributed by atoms with Gasteiger partial charge in [-0.1, -0.05) is 12.1 Å². The minimum Gasteiger partial charge on any atom is -0.325 e. The van der Waals surface area contributed by atoms with Gasteiger partial charge in [-0.05, 0) is 87.1 Å². The Bertz CT molecular complexity index is 1080. The van der Waals surface area contributed by atoms with Crippen LogP contribution in [-0.2, 0) is 14.8 Å². The molecule has 0 bridgehead atoms. The number of nitrogens with zero attached hydrogens (tertiary/aromatic N) is 2. The van der Waals surface area contributed by atoms with E-state index in [1.807, 2.05) is 70.7 Å². The third-order valence-corrected chi connectivity index (χ3v) is 8.56. The minimum atomic E-state index is -3.57. The van der Waals surface area contributed by atoms with Gasteiger partial charge in [0.2, 0.25) is 15.9 Å². The Morgan fingerprint density at radius 2 is 1.42 bits per heavy atom. The normalized spacial score (nSPS) is 15.8. The zero-order valence-electron chi connectivity index (χ0n) is 19.4. The molecule has 1 heterocycles. The Hall–Kier alpha value is -2.22. The van der Waals surface area contributed by atoms with Crippen LogP contribution in [-0.4, -0.2) is 56.3 Å². The molecule has 0 radical (unpaired) electrons. The van der Waals surface area contributed by atoms with Gasteiger partial charge in [0.25, 0.3) is 0 Å². The Balaban J connectivity index is 1.64. The van der Waals surface area contributed by atoms with Crippen LogP contribution < -0.4 is 5.32 Å². The van der Waals surface area contributed by atoms with Crippen LogP contribution in [0.5, 0.6) is 0 Å². The largest absolute Gasteiger partial charge is 0.325 e. The molecule has 0 aromatic heterocycles. The lowest BCUT2D eigenvalue weighted by atomic mass is 10.0. The lowest BCUT2D eigenvalue weighted by Gasteiger charge is -2.34. The molecule has 0 spiro atoms. The van der Waals surface area contributed by atoms with Crippen molar-refractivity contribution in [1.29, 1.82) is 0 Å². The fraction of sp³-hybridized carbons (Fsp3) is 0.458. The quantitative estimate of drug-likeness (QED) is 0.768. The number of anilines is 1. The summed E-state index contributed by atoms with van der Waals surface area (Å²) in [6.45, 7) is 13.8. The van der Waals surface area contributed by atoms with Gasteiger partial charge in [0.15, 0.2) is 0 Å². The molecule has 168 valence electrons. The van der Waals surface area contributed by atoms with Gasteiger partial charge in [-0.2, -0.15) is 4.31 Å². The number of nitrogens with one attached hydrogen (secondary N) is 1. The zero-order valence-corrected chi connectivity index (χ0v) is 20.2. The van der Waals surface area contributed by atoms with Gasteiger partial charge < -0.3 is 5.32 Å². The van der Waals surface area contributed by atoms with E-state index in [0.29, 0.717) is 31.1 Å². The van der Waals surface area contributed by atoms with Gasteiger partial charge >= 0.3 is 0 Å². The monoisotopic (exact) mass is 443 g/mol. The lowest BCUT2D eigenvalue weighted by molar-refractivity contribution is -0.117. The first-order valence-corrected chi connectivity index (χ1v) is 12.1. The van der Waals surface area contributed by atoms with Gasteiger partial charge in [-0.3, -0.25) is 9.69 Å². The molecule has 2 aromatic rings. The van der Waals surface area contributed by atoms with E-state index < -0.39 is 10.0 Å². The Morgan fingerprint density at radius 1 is 0.839 bits per heavy atom. The Morgan fingerprint density at radius 3 is 1.97 bits per heavy atom. The maximum absolute atomic E-state index is 13.4. The summed E-state index contributed by atoms with van der Waals surface area (Å²) in [5.41, 5.74) is 6.72. The molecule has 1 N–H and O–H groups in total. The maximum Gasteiger partial charge on any atom is 0.243 e. The first kappa shape index (κ1) is 23.4. The first-order chi connectivity index (χ1) is 14.5. The molecule has 2 aromatic carbocycles. The predicted octanol–water partition coefficient (Wildman–Crippen LogP) is 3.48. The second-order valence-corrected chi connectivity index (χ2v) is 10.5. The molecular weight excluding hydrogens is 410 g/mol. The topological polar surface area (TPSA) is 69.7 Å². The van der Waals surface area contributed by atoms with Crippen LogP contribution in [0.15, 0.2) is 29.2 Å². The van der Waals surface area contributed by atoms with Crippen molar-refractivity contribution in [2.45, 2.75) is 46.4 Å². The number of benzene rings is 2. The molecule has 7 heteroatoms. The second kappa shape index (κ2) is 9.10. The molecule has 0 aliphatic carbocycles. The summed E-state index contributed by atoms with van der Waals surface area (Å²) < 4.78 is 28.3. The molecular formula is C24H33N3O3S. The maximum atomic E-state index is 13.4. The van der Waals surface area contributed by atoms with Crippen LogP contribution in [0.2, 0.25) is 0 Å². The lowest BCUT2D eigenvalue weighted by Crippen LogP contribution is -2.50. The molecule has 1 aliphatic rings. The zero-order chi connectivity index (χ0) is 22.9. The van der Waals surface area contributed by atoms with E-state index in [-0.39, 0.29) is 12.5 Å². The van der Waals surface area contributed by atoms with Crippen molar-refractivity contribution < 1.29 is 13.2 Å². The van der Waals surface area contributed by atoms with Crippen LogP contribution in [0, 0.1) is 41.5 Å². The van der Waals surface area contributed by atoms with Crippen molar-refractivity contribution in [2.75, 3.05) is 38.0 Å². The van der Waals surface area contributed by atoms with Crippen molar-refractivity contribution in [3.05, 3.63) is 57.6 Å². The number of hydrogen-bond acceptors (Lipinski definition) is 4. The molecule has 0 atom stereocenters. The van der Waals surface area contributed by atoms with Gasteiger partial charge in [0, 0.05) is 31.9 Å². The van der Waals surface area contributed by atoms with E-state index in [2.05, 4.69) is 5.32 Å². The second-order valence-electron chi connectivity index (χ2n) is 8.62. The van der Waals surface area contributed by atoms with Crippen LogP contribution >= 0.6 is 0 Å². The average Bonchev–Trinajstić information content (AvgIpc) is 2.69. The van der Waals surface area contributed by atoms with E-state index in [1.54, 1.807) is 4.31 Å². The van der Waals surface area contributed by atoms with Crippen molar-refractivity contribution in [3.8, 4) is 0 Å². The van der Waals surface area contributed by atoms with E-state index in [9.17, 15) is 13.2 Å². The number of piperazine rings is 1. The van der Waals surface area contributed by atoms with Gasteiger partial charge in [-0.25, -0.2) is 8.42 Å². The van der Waals surface area contributed by atoms with Gasteiger partial charge in [0.05, 0.1) is 11.4 Å². The third-order valence-electron chi connectivity index (χ3n) is 6.38. The number of rotatable bonds is 5. The molecule has 0 saturated carbocycles. The molecule has 6 nitrogen and oxygen atoms in total. The summed E-state index contributed by atoms with van der Waals surface area (Å²) in [4.78, 5) is 14.9. The summed E-state index contributed by atoms with van der Waals surface area (Å²) in [5.74, 6) is -0.0828.